The topological polar surface area (TPSA) is 118 Å². The van der Waals surface area contributed by atoms with E-state index in [0.717, 1.165) is 22.0 Å². The molecule has 0 radical (unpaired) electrons. The first kappa shape index (κ1) is 27.0. The Labute approximate surface area is 239 Å². The summed E-state index contributed by atoms with van der Waals surface area (Å²) in [5.41, 5.74) is 3.57. The van der Waals surface area contributed by atoms with Crippen LogP contribution in [0.1, 0.15) is 21.6 Å². The van der Waals surface area contributed by atoms with Crippen LogP contribution in [0.5, 0.6) is 0 Å². The first-order valence-corrected chi connectivity index (χ1v) is 13.5. The number of carbonyl (C=O) groups is 1. The van der Waals surface area contributed by atoms with E-state index in [1.165, 1.54) is 24.6 Å². The maximum absolute atomic E-state index is 15.5. The fraction of sp³-hybridized carbons (Fsp3) is 0.156. The van der Waals surface area contributed by atoms with Crippen LogP contribution in [0.15, 0.2) is 89.6 Å². The number of nitrogens with zero attached hydrogens (tertiary/aromatic N) is 2. The molecule has 0 bridgehead atoms. The van der Waals surface area contributed by atoms with Gasteiger partial charge in [-0.1, -0.05) is 12.2 Å². The SMILES string of the molecule is C=CCNCCOC(=O)c1c(-c2ccc[nH]c2=O)c2c3occc3c(F)cc2n1Cc1cc2cn[nH]c2cc1CC=C. The number of aromatic amines is 2. The number of pyridine rings is 1. The highest BCUT2D eigenvalue weighted by Gasteiger charge is 2.30. The van der Waals surface area contributed by atoms with Crippen LogP contribution >= 0.6 is 0 Å². The highest BCUT2D eigenvalue weighted by atomic mass is 19.1. The standard InChI is InChI=1S/C32H28FN5O4/c1-3-6-19-15-25-20(17-36-37-25)14-21(19)18-38-26-16-24(33)22-8-12-41-30(22)28(26)27(23-7-5-10-35-31(23)39)29(38)32(40)42-13-11-34-9-4-2/h3-5,7-8,10,12,14-17,34H,1-2,6,9,11,13,18H2,(H,35,39)(H,36,37). The molecule has 0 aliphatic rings. The molecule has 0 amide bonds. The highest BCUT2D eigenvalue weighted by molar-refractivity contribution is 6.17. The lowest BCUT2D eigenvalue weighted by molar-refractivity contribution is 0.0499. The number of carbonyl (C=O) groups excluding carboxylic acids is 1. The van der Waals surface area contributed by atoms with Crippen molar-refractivity contribution in [3.05, 3.63) is 113 Å². The molecule has 6 rings (SSSR count). The minimum Gasteiger partial charge on any atom is -0.463 e. The molecule has 10 heteroatoms. The molecule has 0 aliphatic carbocycles. The molecule has 42 heavy (non-hydrogen) atoms. The summed E-state index contributed by atoms with van der Waals surface area (Å²) < 4.78 is 28.7. The molecule has 9 nitrogen and oxygen atoms in total. The van der Waals surface area contributed by atoms with Crippen LogP contribution in [-0.4, -0.2) is 45.4 Å². The summed E-state index contributed by atoms with van der Waals surface area (Å²) in [6.07, 6.45) is 8.68. The van der Waals surface area contributed by atoms with Crippen molar-refractivity contribution >= 4 is 38.7 Å². The molecule has 4 aromatic heterocycles. The van der Waals surface area contributed by atoms with Gasteiger partial charge in [-0.15, -0.1) is 13.2 Å². The van der Waals surface area contributed by atoms with Gasteiger partial charge in [-0.2, -0.15) is 5.10 Å². The smallest absolute Gasteiger partial charge is 0.355 e. The summed E-state index contributed by atoms with van der Waals surface area (Å²) in [5, 5.41) is 11.8. The second-order valence-corrected chi connectivity index (χ2v) is 9.84. The molecule has 212 valence electrons. The number of nitrogens with one attached hydrogen (secondary N) is 3. The number of benzene rings is 2. The van der Waals surface area contributed by atoms with E-state index in [1.807, 2.05) is 12.1 Å². The molecule has 4 heterocycles. The maximum atomic E-state index is 15.5. The lowest BCUT2D eigenvalue weighted by atomic mass is 10.0. The number of H-pyrrole nitrogens is 2. The van der Waals surface area contributed by atoms with Gasteiger partial charge in [0, 0.05) is 36.8 Å². The summed E-state index contributed by atoms with van der Waals surface area (Å²) in [6.45, 7) is 8.78. The molecule has 0 aliphatic heterocycles. The van der Waals surface area contributed by atoms with Crippen LogP contribution in [0, 0.1) is 5.82 Å². The second kappa shape index (κ2) is 11.3. The predicted octanol–water partition coefficient (Wildman–Crippen LogP) is 5.47. The highest BCUT2D eigenvalue weighted by Crippen LogP contribution is 2.41. The first-order chi connectivity index (χ1) is 20.5. The number of hydrogen-bond acceptors (Lipinski definition) is 6. The molecule has 0 saturated heterocycles. The summed E-state index contributed by atoms with van der Waals surface area (Å²) in [6, 6.07) is 10.2. The van der Waals surface area contributed by atoms with Gasteiger partial charge in [0.15, 0.2) is 0 Å². The van der Waals surface area contributed by atoms with Gasteiger partial charge in [0.25, 0.3) is 5.56 Å². The monoisotopic (exact) mass is 565 g/mol. The lowest BCUT2D eigenvalue weighted by Crippen LogP contribution is -2.23. The van der Waals surface area contributed by atoms with Crippen LogP contribution in [0.3, 0.4) is 0 Å². The Morgan fingerprint density at radius 1 is 1.19 bits per heavy atom. The number of esters is 1. The third kappa shape index (κ3) is 4.71. The third-order valence-corrected chi connectivity index (χ3v) is 7.25. The van der Waals surface area contributed by atoms with Crippen molar-refractivity contribution in [3.8, 4) is 11.1 Å². The summed E-state index contributed by atoms with van der Waals surface area (Å²) in [5.74, 6) is -1.16. The minimum atomic E-state index is -0.653. The number of allylic oxidation sites excluding steroid dienone is 1. The fourth-order valence-electron chi connectivity index (χ4n) is 5.40. The molecule has 0 saturated carbocycles. The molecule has 0 atom stereocenters. The van der Waals surface area contributed by atoms with E-state index >= 15 is 4.39 Å². The van der Waals surface area contributed by atoms with Crippen molar-refractivity contribution in [1.29, 1.82) is 0 Å². The zero-order valence-corrected chi connectivity index (χ0v) is 22.7. The van der Waals surface area contributed by atoms with E-state index in [0.29, 0.717) is 36.0 Å². The second-order valence-electron chi connectivity index (χ2n) is 9.84. The first-order valence-electron chi connectivity index (χ1n) is 13.5. The number of halogens is 1. The molecule has 0 fully saturated rings. The van der Waals surface area contributed by atoms with Gasteiger partial charge in [-0.25, -0.2) is 9.18 Å². The Kier molecular flexibility index (Phi) is 7.28. The van der Waals surface area contributed by atoms with Gasteiger partial charge in [-0.3, -0.25) is 9.89 Å². The van der Waals surface area contributed by atoms with Gasteiger partial charge in [0.2, 0.25) is 0 Å². The summed E-state index contributed by atoms with van der Waals surface area (Å²) >= 11 is 0. The van der Waals surface area contributed by atoms with Gasteiger partial charge in [0.05, 0.1) is 39.8 Å². The number of ether oxygens (including phenoxy) is 1. The van der Waals surface area contributed by atoms with E-state index in [1.54, 1.807) is 35.0 Å². The Balaban J connectivity index is 1.63. The van der Waals surface area contributed by atoms with E-state index in [4.69, 9.17) is 9.15 Å². The molecular weight excluding hydrogens is 537 g/mol. The van der Waals surface area contributed by atoms with E-state index in [2.05, 4.69) is 33.7 Å². The molecule has 0 unspecified atom stereocenters. The van der Waals surface area contributed by atoms with Crippen LogP contribution in [0.2, 0.25) is 0 Å². The number of aromatic nitrogens is 4. The summed E-state index contributed by atoms with van der Waals surface area (Å²) in [4.78, 5) is 29.8. The largest absolute Gasteiger partial charge is 0.463 e. The number of hydrogen-bond donors (Lipinski definition) is 3. The number of furan rings is 1. The molecular formula is C32H28FN5O4. The van der Waals surface area contributed by atoms with Crippen molar-refractivity contribution in [3.63, 3.8) is 0 Å². The van der Waals surface area contributed by atoms with E-state index < -0.39 is 17.3 Å². The van der Waals surface area contributed by atoms with Crippen LogP contribution in [0.4, 0.5) is 4.39 Å². The fourth-order valence-corrected chi connectivity index (χ4v) is 5.40. The zero-order valence-electron chi connectivity index (χ0n) is 22.7. The maximum Gasteiger partial charge on any atom is 0.355 e. The lowest BCUT2D eigenvalue weighted by Gasteiger charge is -2.15. The number of rotatable bonds is 11. The van der Waals surface area contributed by atoms with Crippen molar-refractivity contribution < 1.29 is 18.3 Å². The van der Waals surface area contributed by atoms with Crippen LogP contribution < -0.4 is 10.9 Å². The quantitative estimate of drug-likeness (QED) is 0.109. The van der Waals surface area contributed by atoms with E-state index in [9.17, 15) is 9.59 Å². The van der Waals surface area contributed by atoms with Crippen LogP contribution in [-0.2, 0) is 17.7 Å². The van der Waals surface area contributed by atoms with Gasteiger partial charge < -0.3 is 24.0 Å². The van der Waals surface area contributed by atoms with Crippen molar-refractivity contribution in [2.24, 2.45) is 0 Å². The number of fused-ring (bicyclic) bond motifs is 4. The van der Waals surface area contributed by atoms with Crippen molar-refractivity contribution in [2.75, 3.05) is 19.7 Å². The zero-order chi connectivity index (χ0) is 29.2. The summed E-state index contributed by atoms with van der Waals surface area (Å²) in [7, 11) is 0. The molecule has 6 aromatic rings. The van der Waals surface area contributed by atoms with Crippen LogP contribution in [0.25, 0.3) is 43.9 Å². The predicted molar refractivity (Wildman–Crippen MR) is 160 cm³/mol. The van der Waals surface area contributed by atoms with Gasteiger partial charge in [-0.05, 0) is 53.9 Å². The molecule has 2 aromatic carbocycles. The van der Waals surface area contributed by atoms with Crippen molar-refractivity contribution in [2.45, 2.75) is 13.0 Å². The Morgan fingerprint density at radius 3 is 2.88 bits per heavy atom. The third-order valence-electron chi connectivity index (χ3n) is 7.25. The average Bonchev–Trinajstić information content (AvgIpc) is 3.72. The average molecular weight is 566 g/mol. The van der Waals surface area contributed by atoms with Gasteiger partial charge >= 0.3 is 5.97 Å². The minimum absolute atomic E-state index is 0.0754. The van der Waals surface area contributed by atoms with E-state index in [-0.39, 0.29) is 35.4 Å². The Bertz CT molecular complexity index is 2030. The Hall–Kier alpha value is -5.22. The Morgan fingerprint density at radius 2 is 2.07 bits per heavy atom. The normalized spacial score (nSPS) is 11.5. The molecule has 0 spiro atoms. The molecule has 3 N–H and O–H groups in total. The van der Waals surface area contributed by atoms with Crippen molar-refractivity contribution in [1.82, 2.24) is 25.1 Å². The van der Waals surface area contributed by atoms with Gasteiger partial charge in [0.1, 0.15) is 23.7 Å².